The summed E-state index contributed by atoms with van der Waals surface area (Å²) in [5, 5.41) is 14.3. The number of hydrogen-bond donors (Lipinski definition) is 2. The quantitative estimate of drug-likeness (QED) is 0.896. The van der Waals surface area contributed by atoms with E-state index in [0.29, 0.717) is 12.1 Å². The van der Waals surface area contributed by atoms with Crippen molar-refractivity contribution in [2.45, 2.75) is 13.5 Å². The number of nitrogens with one attached hydrogen (secondary N) is 1. The lowest BCUT2D eigenvalue weighted by atomic mass is 10.1. The predicted octanol–water partition coefficient (Wildman–Crippen LogP) is 2.08. The number of amides is 1. The Bertz CT molecular complexity index is 605. The summed E-state index contributed by atoms with van der Waals surface area (Å²) in [6, 6.07) is 5.80. The van der Waals surface area contributed by atoms with Gasteiger partial charge in [0, 0.05) is 16.6 Å². The Hall–Kier alpha value is -2.21. The molecular formula is C13H12N2O3S. The van der Waals surface area contributed by atoms with Gasteiger partial charge in [-0.15, -0.1) is 11.3 Å². The molecule has 0 unspecified atom stereocenters. The molecule has 98 valence electrons. The number of hydrogen-bond acceptors (Lipinski definition) is 4. The topological polar surface area (TPSA) is 79.3 Å². The standard InChI is InChI=1S/C13H12N2O3S/c1-8-7-19-11(15-8)6-14-12(16)9-2-4-10(5-3-9)13(17)18/h2-5,7H,6H2,1H3,(H,14,16)(H,17,18). The van der Waals surface area contributed by atoms with Gasteiger partial charge in [-0.1, -0.05) is 0 Å². The first-order valence-corrected chi connectivity index (χ1v) is 6.47. The average molecular weight is 276 g/mol. The lowest BCUT2D eigenvalue weighted by Gasteiger charge is -2.03. The average Bonchev–Trinajstić information content (AvgIpc) is 2.82. The number of benzene rings is 1. The van der Waals surface area contributed by atoms with E-state index in [0.717, 1.165) is 10.7 Å². The first-order valence-electron chi connectivity index (χ1n) is 5.59. The molecule has 0 saturated heterocycles. The highest BCUT2D eigenvalue weighted by Crippen LogP contribution is 2.09. The maximum Gasteiger partial charge on any atom is 0.335 e. The fourth-order valence-electron chi connectivity index (χ4n) is 1.51. The lowest BCUT2D eigenvalue weighted by molar-refractivity contribution is 0.0696. The molecule has 0 fully saturated rings. The first-order chi connectivity index (χ1) is 9.06. The largest absolute Gasteiger partial charge is 0.478 e. The number of aromatic carboxylic acids is 1. The summed E-state index contributed by atoms with van der Waals surface area (Å²) in [4.78, 5) is 26.8. The van der Waals surface area contributed by atoms with E-state index in [2.05, 4.69) is 10.3 Å². The van der Waals surface area contributed by atoms with E-state index in [1.165, 1.54) is 35.6 Å². The summed E-state index contributed by atoms with van der Waals surface area (Å²) < 4.78 is 0. The fraction of sp³-hybridized carbons (Fsp3) is 0.154. The molecule has 0 bridgehead atoms. The van der Waals surface area contributed by atoms with Gasteiger partial charge in [0.1, 0.15) is 5.01 Å². The zero-order valence-electron chi connectivity index (χ0n) is 10.2. The van der Waals surface area contributed by atoms with Gasteiger partial charge in [-0.05, 0) is 31.2 Å². The monoisotopic (exact) mass is 276 g/mol. The lowest BCUT2D eigenvalue weighted by Crippen LogP contribution is -2.22. The third-order valence-electron chi connectivity index (χ3n) is 2.46. The molecule has 6 heteroatoms. The minimum atomic E-state index is -1.01. The number of nitrogens with zero attached hydrogens (tertiary/aromatic N) is 1. The molecule has 0 radical (unpaired) electrons. The molecular weight excluding hydrogens is 264 g/mol. The summed E-state index contributed by atoms with van der Waals surface area (Å²) in [5.41, 5.74) is 1.52. The van der Waals surface area contributed by atoms with Crippen molar-refractivity contribution in [2.24, 2.45) is 0 Å². The van der Waals surface area contributed by atoms with E-state index in [9.17, 15) is 9.59 Å². The molecule has 1 amide bonds. The van der Waals surface area contributed by atoms with Gasteiger partial charge in [0.15, 0.2) is 0 Å². The third-order valence-corrected chi connectivity index (χ3v) is 3.43. The highest BCUT2D eigenvalue weighted by molar-refractivity contribution is 7.09. The molecule has 2 N–H and O–H groups in total. The number of aryl methyl sites for hydroxylation is 1. The fourth-order valence-corrected chi connectivity index (χ4v) is 2.22. The van der Waals surface area contributed by atoms with Gasteiger partial charge in [-0.3, -0.25) is 4.79 Å². The minimum absolute atomic E-state index is 0.159. The van der Waals surface area contributed by atoms with Crippen molar-refractivity contribution in [3.05, 3.63) is 51.5 Å². The number of thiazole rings is 1. The highest BCUT2D eigenvalue weighted by atomic mass is 32.1. The molecule has 1 heterocycles. The van der Waals surface area contributed by atoms with Crippen LogP contribution in [0.5, 0.6) is 0 Å². The molecule has 19 heavy (non-hydrogen) atoms. The number of rotatable bonds is 4. The van der Waals surface area contributed by atoms with Crippen LogP contribution in [0, 0.1) is 6.92 Å². The van der Waals surface area contributed by atoms with E-state index in [4.69, 9.17) is 5.11 Å². The number of carboxylic acids is 1. The van der Waals surface area contributed by atoms with Crippen LogP contribution in [0.4, 0.5) is 0 Å². The van der Waals surface area contributed by atoms with Gasteiger partial charge >= 0.3 is 5.97 Å². The van der Waals surface area contributed by atoms with Gasteiger partial charge < -0.3 is 10.4 Å². The molecule has 0 aliphatic heterocycles. The summed E-state index contributed by atoms with van der Waals surface area (Å²) in [6.07, 6.45) is 0. The van der Waals surface area contributed by atoms with Gasteiger partial charge in [0.05, 0.1) is 12.1 Å². The Balaban J connectivity index is 1.98. The van der Waals surface area contributed by atoms with Crippen LogP contribution in [0.3, 0.4) is 0 Å². The van der Waals surface area contributed by atoms with Crippen LogP contribution < -0.4 is 5.32 Å². The molecule has 0 atom stereocenters. The molecule has 1 aromatic heterocycles. The highest BCUT2D eigenvalue weighted by Gasteiger charge is 2.08. The van der Waals surface area contributed by atoms with Crippen LogP contribution in [0.25, 0.3) is 0 Å². The molecule has 2 rings (SSSR count). The van der Waals surface area contributed by atoms with Crippen molar-refractivity contribution < 1.29 is 14.7 Å². The van der Waals surface area contributed by atoms with Crippen LogP contribution >= 0.6 is 11.3 Å². The molecule has 5 nitrogen and oxygen atoms in total. The summed E-state index contributed by atoms with van der Waals surface area (Å²) in [7, 11) is 0. The van der Waals surface area contributed by atoms with Gasteiger partial charge in [-0.2, -0.15) is 0 Å². The van der Waals surface area contributed by atoms with Crippen LogP contribution in [-0.2, 0) is 6.54 Å². The first kappa shape index (κ1) is 13.2. The van der Waals surface area contributed by atoms with Crippen LogP contribution in [0.1, 0.15) is 31.4 Å². The van der Waals surface area contributed by atoms with Crippen molar-refractivity contribution in [1.82, 2.24) is 10.3 Å². The van der Waals surface area contributed by atoms with Gasteiger partial charge in [0.2, 0.25) is 0 Å². The summed E-state index contributed by atoms with van der Waals surface area (Å²) in [5.74, 6) is -1.25. The third kappa shape index (κ3) is 3.38. The van der Waals surface area contributed by atoms with Crippen molar-refractivity contribution in [3.63, 3.8) is 0 Å². The van der Waals surface area contributed by atoms with Crippen LogP contribution in [0.2, 0.25) is 0 Å². The Morgan fingerprint density at radius 3 is 2.42 bits per heavy atom. The van der Waals surface area contributed by atoms with Crippen molar-refractivity contribution in [1.29, 1.82) is 0 Å². The zero-order chi connectivity index (χ0) is 13.8. The minimum Gasteiger partial charge on any atom is -0.478 e. The van der Waals surface area contributed by atoms with Crippen molar-refractivity contribution in [3.8, 4) is 0 Å². The maximum absolute atomic E-state index is 11.8. The Labute approximate surface area is 113 Å². The van der Waals surface area contributed by atoms with Gasteiger partial charge in [0.25, 0.3) is 5.91 Å². The molecule has 0 aliphatic rings. The van der Waals surface area contributed by atoms with Crippen molar-refractivity contribution >= 4 is 23.2 Å². The molecule has 1 aromatic carbocycles. The second-order valence-electron chi connectivity index (χ2n) is 3.95. The van der Waals surface area contributed by atoms with E-state index >= 15 is 0 Å². The van der Waals surface area contributed by atoms with E-state index in [1.807, 2.05) is 12.3 Å². The summed E-state index contributed by atoms with van der Waals surface area (Å²) in [6.45, 7) is 2.27. The number of aromatic nitrogens is 1. The Kier molecular flexibility index (Phi) is 3.91. The second-order valence-corrected chi connectivity index (χ2v) is 4.89. The predicted molar refractivity (Wildman–Crippen MR) is 71.4 cm³/mol. The smallest absolute Gasteiger partial charge is 0.335 e. The zero-order valence-corrected chi connectivity index (χ0v) is 11.0. The molecule has 0 saturated carbocycles. The molecule has 0 aliphatic carbocycles. The van der Waals surface area contributed by atoms with E-state index in [1.54, 1.807) is 0 Å². The number of carbonyl (C=O) groups is 2. The van der Waals surface area contributed by atoms with E-state index in [-0.39, 0.29) is 11.5 Å². The maximum atomic E-state index is 11.8. The number of carboxylic acid groups (broad SMARTS) is 1. The summed E-state index contributed by atoms with van der Waals surface area (Å²) >= 11 is 1.49. The number of carbonyl (C=O) groups excluding carboxylic acids is 1. The Morgan fingerprint density at radius 1 is 1.26 bits per heavy atom. The van der Waals surface area contributed by atoms with Crippen LogP contribution in [0.15, 0.2) is 29.6 Å². The van der Waals surface area contributed by atoms with Gasteiger partial charge in [-0.25, -0.2) is 9.78 Å². The second kappa shape index (κ2) is 5.62. The van der Waals surface area contributed by atoms with Crippen LogP contribution in [-0.4, -0.2) is 22.0 Å². The normalized spacial score (nSPS) is 10.2. The van der Waals surface area contributed by atoms with E-state index < -0.39 is 5.97 Å². The van der Waals surface area contributed by atoms with Crippen molar-refractivity contribution in [2.75, 3.05) is 0 Å². The SMILES string of the molecule is Cc1csc(CNC(=O)c2ccc(C(=O)O)cc2)n1. The molecule has 0 spiro atoms. The Morgan fingerprint density at radius 2 is 1.89 bits per heavy atom. The molecule has 2 aromatic rings.